The first-order valence-corrected chi connectivity index (χ1v) is 4.59. The highest BCUT2D eigenvalue weighted by molar-refractivity contribution is 7.80. The quantitative estimate of drug-likeness (QED) is 0.511. The maximum atomic E-state index is 5.27. The van der Waals surface area contributed by atoms with Gasteiger partial charge in [-0.25, -0.2) is 0 Å². The van der Waals surface area contributed by atoms with E-state index in [2.05, 4.69) is 23.1 Å². The Bertz CT molecular complexity index is 307. The molecule has 0 aliphatic rings. The van der Waals surface area contributed by atoms with Crippen LogP contribution in [0.25, 0.3) is 0 Å². The molecule has 4 nitrogen and oxygen atoms in total. The van der Waals surface area contributed by atoms with Gasteiger partial charge in [-0.2, -0.15) is 0 Å². The molecule has 0 spiro atoms. The van der Waals surface area contributed by atoms with Crippen LogP contribution in [-0.2, 0) is 0 Å². The first-order chi connectivity index (χ1) is 6.59. The Labute approximate surface area is 89.1 Å². The van der Waals surface area contributed by atoms with Gasteiger partial charge in [0.1, 0.15) is 0 Å². The maximum Gasteiger partial charge on any atom is 0.182 e. The van der Waals surface area contributed by atoms with Crippen LogP contribution in [0.5, 0.6) is 0 Å². The van der Waals surface area contributed by atoms with Gasteiger partial charge in [-0.1, -0.05) is 0 Å². The third-order valence-electron chi connectivity index (χ3n) is 1.71. The van der Waals surface area contributed by atoms with Crippen LogP contribution in [0.2, 0.25) is 0 Å². The molecule has 1 aromatic carbocycles. The molecule has 4 N–H and O–H groups in total. The highest BCUT2D eigenvalue weighted by atomic mass is 32.1. The minimum absolute atomic E-state index is 0.224. The number of anilines is 2. The Hall–Kier alpha value is -1.49. The van der Waals surface area contributed by atoms with Crippen molar-refractivity contribution < 1.29 is 0 Å². The summed E-state index contributed by atoms with van der Waals surface area (Å²) in [5.74, 6) is 0. The largest absolute Gasteiger partial charge is 0.378 e. The minimum atomic E-state index is 0.224. The van der Waals surface area contributed by atoms with Crippen LogP contribution in [0.4, 0.5) is 11.4 Å². The Morgan fingerprint density at radius 2 is 1.86 bits per heavy atom. The summed E-state index contributed by atoms with van der Waals surface area (Å²) in [5, 5.41) is 0.224. The van der Waals surface area contributed by atoms with Crippen LogP contribution in [-0.4, -0.2) is 19.2 Å². The summed E-state index contributed by atoms with van der Waals surface area (Å²) in [6.07, 6.45) is 0. The highest BCUT2D eigenvalue weighted by Gasteiger charge is 1.95. The normalized spacial score (nSPS) is 9.29. The Kier molecular flexibility index (Phi) is 3.53. The van der Waals surface area contributed by atoms with Gasteiger partial charge in [0.25, 0.3) is 0 Å². The monoisotopic (exact) mass is 210 g/mol. The van der Waals surface area contributed by atoms with E-state index in [0.29, 0.717) is 0 Å². The molecule has 0 saturated heterocycles. The van der Waals surface area contributed by atoms with Gasteiger partial charge < -0.3 is 10.6 Å². The highest BCUT2D eigenvalue weighted by Crippen LogP contribution is 2.14. The first kappa shape index (κ1) is 10.6. The third-order valence-corrected chi connectivity index (χ3v) is 1.82. The summed E-state index contributed by atoms with van der Waals surface area (Å²) in [6, 6.07) is 7.90. The minimum Gasteiger partial charge on any atom is -0.378 e. The van der Waals surface area contributed by atoms with E-state index in [0.717, 1.165) is 11.4 Å². The number of nitrogens with one attached hydrogen (secondary N) is 2. The van der Waals surface area contributed by atoms with Gasteiger partial charge in [-0.3, -0.25) is 10.9 Å². The number of thiocarbonyl (C=S) groups is 1. The lowest BCUT2D eigenvalue weighted by molar-refractivity contribution is 1.11. The summed E-state index contributed by atoms with van der Waals surface area (Å²) < 4.78 is 0. The van der Waals surface area contributed by atoms with E-state index >= 15 is 0 Å². The van der Waals surface area contributed by atoms with Gasteiger partial charge in [0.05, 0.1) is 5.69 Å². The molecule has 0 aliphatic carbocycles. The molecular formula is C9H14N4S. The smallest absolute Gasteiger partial charge is 0.182 e. The van der Waals surface area contributed by atoms with Crippen LogP contribution >= 0.6 is 12.2 Å². The molecule has 0 radical (unpaired) electrons. The van der Waals surface area contributed by atoms with Gasteiger partial charge >= 0.3 is 0 Å². The second kappa shape index (κ2) is 4.66. The van der Waals surface area contributed by atoms with E-state index in [4.69, 9.17) is 5.73 Å². The van der Waals surface area contributed by atoms with Crippen molar-refractivity contribution in [2.45, 2.75) is 0 Å². The number of rotatable bonds is 3. The van der Waals surface area contributed by atoms with Gasteiger partial charge in [-0.15, -0.1) is 0 Å². The summed E-state index contributed by atoms with van der Waals surface area (Å²) in [5.41, 5.74) is 12.9. The molecule has 0 amide bonds. The Morgan fingerprint density at radius 3 is 2.29 bits per heavy atom. The second-order valence-corrected chi connectivity index (χ2v) is 3.50. The average Bonchev–Trinajstić information content (AvgIpc) is 2.15. The molecule has 5 heteroatoms. The van der Waals surface area contributed by atoms with Crippen molar-refractivity contribution in [2.24, 2.45) is 5.73 Å². The fraction of sp³-hybridized carbons (Fsp3) is 0.222. The standard InChI is InChI=1S/C9H14N4S/c1-13(2)8-5-3-7(4-6-8)11-12-9(10)14/h3-6,11H,1-2H3,(H3,10,12,14). The molecule has 0 aliphatic heterocycles. The molecule has 1 rings (SSSR count). The lowest BCUT2D eigenvalue weighted by atomic mass is 10.3. The van der Waals surface area contributed by atoms with Crippen molar-refractivity contribution >= 4 is 28.7 Å². The van der Waals surface area contributed by atoms with Crippen LogP contribution in [0.1, 0.15) is 0 Å². The molecule has 0 heterocycles. The molecule has 1 aromatic rings. The number of hydrogen-bond acceptors (Lipinski definition) is 3. The predicted molar refractivity (Wildman–Crippen MR) is 64.3 cm³/mol. The summed E-state index contributed by atoms with van der Waals surface area (Å²) >= 11 is 4.66. The van der Waals surface area contributed by atoms with E-state index in [1.54, 1.807) is 0 Å². The summed E-state index contributed by atoms with van der Waals surface area (Å²) in [6.45, 7) is 0. The van der Waals surface area contributed by atoms with Gasteiger partial charge in [-0.05, 0) is 36.5 Å². The number of nitrogens with two attached hydrogens (primary N) is 1. The summed E-state index contributed by atoms with van der Waals surface area (Å²) in [4.78, 5) is 2.03. The van der Waals surface area contributed by atoms with Crippen molar-refractivity contribution in [3.63, 3.8) is 0 Å². The van der Waals surface area contributed by atoms with Crippen LogP contribution in [0, 0.1) is 0 Å². The zero-order valence-corrected chi connectivity index (χ0v) is 9.06. The molecule has 14 heavy (non-hydrogen) atoms. The Balaban J connectivity index is 2.59. The molecule has 0 saturated carbocycles. The van der Waals surface area contributed by atoms with Crippen molar-refractivity contribution in [2.75, 3.05) is 24.4 Å². The van der Waals surface area contributed by atoms with Gasteiger partial charge in [0.2, 0.25) is 0 Å². The molecule has 76 valence electrons. The predicted octanol–water partition coefficient (Wildman–Crippen LogP) is 0.913. The summed E-state index contributed by atoms with van der Waals surface area (Å²) in [7, 11) is 3.99. The topological polar surface area (TPSA) is 53.3 Å². The maximum absolute atomic E-state index is 5.27. The van der Waals surface area contributed by atoms with E-state index in [1.807, 2.05) is 43.3 Å². The first-order valence-electron chi connectivity index (χ1n) is 4.18. The number of hydrogen-bond donors (Lipinski definition) is 3. The van der Waals surface area contributed by atoms with E-state index < -0.39 is 0 Å². The van der Waals surface area contributed by atoms with E-state index in [1.165, 1.54) is 0 Å². The fourth-order valence-electron chi connectivity index (χ4n) is 0.977. The van der Waals surface area contributed by atoms with Crippen LogP contribution in [0.3, 0.4) is 0 Å². The van der Waals surface area contributed by atoms with Crippen LogP contribution < -0.4 is 21.5 Å². The molecule has 0 unspecified atom stereocenters. The van der Waals surface area contributed by atoms with Gasteiger partial charge in [0, 0.05) is 19.8 Å². The zero-order chi connectivity index (χ0) is 10.6. The molecule has 0 bridgehead atoms. The molecule has 0 aromatic heterocycles. The molecule has 0 atom stereocenters. The Morgan fingerprint density at radius 1 is 1.29 bits per heavy atom. The van der Waals surface area contributed by atoms with Crippen molar-refractivity contribution in [1.29, 1.82) is 0 Å². The van der Waals surface area contributed by atoms with E-state index in [-0.39, 0.29) is 5.11 Å². The second-order valence-electron chi connectivity index (χ2n) is 3.06. The molecular weight excluding hydrogens is 196 g/mol. The average molecular weight is 210 g/mol. The van der Waals surface area contributed by atoms with E-state index in [9.17, 15) is 0 Å². The number of hydrazine groups is 1. The lowest BCUT2D eigenvalue weighted by Gasteiger charge is -2.13. The SMILES string of the molecule is CN(C)c1ccc(NNC(N)=S)cc1. The van der Waals surface area contributed by atoms with Crippen LogP contribution in [0.15, 0.2) is 24.3 Å². The third kappa shape index (κ3) is 3.10. The van der Waals surface area contributed by atoms with Gasteiger partial charge in [0.15, 0.2) is 5.11 Å². The van der Waals surface area contributed by atoms with Crippen molar-refractivity contribution in [3.8, 4) is 0 Å². The lowest BCUT2D eigenvalue weighted by Crippen LogP contribution is -2.33. The molecule has 0 fully saturated rings. The van der Waals surface area contributed by atoms with Crippen molar-refractivity contribution in [3.05, 3.63) is 24.3 Å². The fourth-order valence-corrected chi connectivity index (χ4v) is 1.03. The number of nitrogens with zero attached hydrogens (tertiary/aromatic N) is 1. The van der Waals surface area contributed by atoms with Crippen molar-refractivity contribution in [1.82, 2.24) is 5.43 Å². The zero-order valence-electron chi connectivity index (χ0n) is 8.24. The number of benzene rings is 1.